The molecule has 136 valence electrons. The number of aryl methyl sites for hydroxylation is 1. The normalized spacial score (nSPS) is 19.7. The maximum atomic E-state index is 5.89. The number of nitrogens with one attached hydrogen (secondary N) is 2. The van der Waals surface area contributed by atoms with E-state index < -0.39 is 0 Å². The molecule has 2 N–H and O–H groups in total. The lowest BCUT2D eigenvalue weighted by Gasteiger charge is -2.34. The molecule has 0 bridgehead atoms. The molecule has 2 rings (SSSR count). The van der Waals surface area contributed by atoms with E-state index in [-0.39, 0.29) is 6.10 Å². The molecule has 0 amide bonds. The summed E-state index contributed by atoms with van der Waals surface area (Å²) in [5.41, 5.74) is 1.09. The summed E-state index contributed by atoms with van der Waals surface area (Å²) in [5, 5.41) is 10.9. The Balaban J connectivity index is 1.83. The Morgan fingerprint density at radius 3 is 2.96 bits per heavy atom. The molecular formula is C17H32N6O. The van der Waals surface area contributed by atoms with Crippen molar-refractivity contribution >= 4 is 5.96 Å². The van der Waals surface area contributed by atoms with E-state index >= 15 is 0 Å². The molecule has 1 aromatic heterocycles. The van der Waals surface area contributed by atoms with Crippen LogP contribution in [0.25, 0.3) is 0 Å². The molecule has 1 aromatic rings. The number of aromatic nitrogens is 2. The van der Waals surface area contributed by atoms with E-state index in [0.717, 1.165) is 51.0 Å². The van der Waals surface area contributed by atoms with Gasteiger partial charge < -0.3 is 15.4 Å². The van der Waals surface area contributed by atoms with Gasteiger partial charge in [-0.25, -0.2) is 4.99 Å². The first-order valence-electron chi connectivity index (χ1n) is 8.91. The molecule has 1 fully saturated rings. The molecule has 0 spiro atoms. The lowest BCUT2D eigenvalue weighted by molar-refractivity contribution is -0.0284. The lowest BCUT2D eigenvalue weighted by atomic mass is 10.2. The number of hydrogen-bond acceptors (Lipinski definition) is 4. The van der Waals surface area contributed by atoms with Crippen LogP contribution in [0.3, 0.4) is 0 Å². The summed E-state index contributed by atoms with van der Waals surface area (Å²) in [6.45, 7) is 12.8. The minimum Gasteiger partial charge on any atom is -0.374 e. The standard InChI is InChI=1S/C17H32N6O/c1-5-18-17(19-10-15-6-7-21-22(15)4)20-11-16-13-23(8-9-24-16)12-14(2)3/h6-7,14,16H,5,8-13H2,1-4H3,(H2,18,19,20). The zero-order chi connectivity index (χ0) is 17.4. The third-order valence-corrected chi connectivity index (χ3v) is 4.01. The molecule has 1 unspecified atom stereocenters. The Hall–Kier alpha value is -1.60. The lowest BCUT2D eigenvalue weighted by Crippen LogP contribution is -2.50. The van der Waals surface area contributed by atoms with Gasteiger partial charge in [0.25, 0.3) is 0 Å². The Labute approximate surface area is 145 Å². The number of aliphatic imine (C=N–C) groups is 1. The molecular weight excluding hydrogens is 304 g/mol. The van der Waals surface area contributed by atoms with Crippen LogP contribution in [-0.4, -0.2) is 66.1 Å². The topological polar surface area (TPSA) is 66.7 Å². The minimum absolute atomic E-state index is 0.207. The van der Waals surface area contributed by atoms with Crippen LogP contribution in [0.5, 0.6) is 0 Å². The summed E-state index contributed by atoms with van der Waals surface area (Å²) < 4.78 is 7.74. The third-order valence-electron chi connectivity index (χ3n) is 4.01. The molecule has 1 atom stereocenters. The van der Waals surface area contributed by atoms with Gasteiger partial charge in [0, 0.05) is 46.0 Å². The first-order valence-corrected chi connectivity index (χ1v) is 8.91. The Morgan fingerprint density at radius 2 is 2.29 bits per heavy atom. The van der Waals surface area contributed by atoms with Gasteiger partial charge in [-0.15, -0.1) is 0 Å². The summed E-state index contributed by atoms with van der Waals surface area (Å²) in [5.74, 6) is 1.51. The van der Waals surface area contributed by atoms with Crippen LogP contribution in [0.2, 0.25) is 0 Å². The van der Waals surface area contributed by atoms with Crippen molar-refractivity contribution in [3.8, 4) is 0 Å². The summed E-state index contributed by atoms with van der Waals surface area (Å²) in [6.07, 6.45) is 2.00. The molecule has 0 aliphatic carbocycles. The van der Waals surface area contributed by atoms with E-state index in [4.69, 9.17) is 4.74 Å². The molecule has 7 heteroatoms. The van der Waals surface area contributed by atoms with Gasteiger partial charge in [-0.2, -0.15) is 5.10 Å². The molecule has 0 radical (unpaired) electrons. The van der Waals surface area contributed by atoms with Gasteiger partial charge in [0.1, 0.15) is 0 Å². The van der Waals surface area contributed by atoms with Crippen LogP contribution >= 0.6 is 0 Å². The first-order chi connectivity index (χ1) is 11.6. The average molecular weight is 336 g/mol. The fraction of sp³-hybridized carbons (Fsp3) is 0.765. The summed E-state index contributed by atoms with van der Waals surface area (Å²) in [6, 6.07) is 1.99. The quantitative estimate of drug-likeness (QED) is 0.570. The molecule has 2 heterocycles. The predicted molar refractivity (Wildman–Crippen MR) is 97.0 cm³/mol. The highest BCUT2D eigenvalue weighted by atomic mass is 16.5. The molecule has 24 heavy (non-hydrogen) atoms. The van der Waals surface area contributed by atoms with Crippen molar-refractivity contribution in [2.45, 2.75) is 33.4 Å². The highest BCUT2D eigenvalue weighted by molar-refractivity contribution is 5.79. The van der Waals surface area contributed by atoms with E-state index in [1.165, 1.54) is 0 Å². The van der Waals surface area contributed by atoms with E-state index in [0.29, 0.717) is 12.5 Å². The van der Waals surface area contributed by atoms with E-state index in [1.807, 2.05) is 17.8 Å². The molecule has 1 saturated heterocycles. The van der Waals surface area contributed by atoms with Gasteiger partial charge in [0.15, 0.2) is 5.96 Å². The largest absolute Gasteiger partial charge is 0.374 e. The van der Waals surface area contributed by atoms with E-state index in [9.17, 15) is 0 Å². The maximum absolute atomic E-state index is 5.89. The Kier molecular flexibility index (Phi) is 7.52. The van der Waals surface area contributed by atoms with Crippen molar-refractivity contribution in [3.63, 3.8) is 0 Å². The number of ether oxygens (including phenoxy) is 1. The number of guanidine groups is 1. The molecule has 0 saturated carbocycles. The van der Waals surface area contributed by atoms with Gasteiger partial charge >= 0.3 is 0 Å². The van der Waals surface area contributed by atoms with Crippen molar-refractivity contribution in [3.05, 3.63) is 18.0 Å². The third kappa shape index (κ3) is 6.13. The molecule has 0 aromatic carbocycles. The summed E-state index contributed by atoms with van der Waals surface area (Å²) in [4.78, 5) is 7.12. The van der Waals surface area contributed by atoms with Crippen LogP contribution in [0.4, 0.5) is 0 Å². The van der Waals surface area contributed by atoms with Crippen molar-refractivity contribution < 1.29 is 4.74 Å². The number of morpholine rings is 1. The highest BCUT2D eigenvalue weighted by Crippen LogP contribution is 2.07. The summed E-state index contributed by atoms with van der Waals surface area (Å²) in [7, 11) is 1.93. The summed E-state index contributed by atoms with van der Waals surface area (Å²) >= 11 is 0. The van der Waals surface area contributed by atoms with Crippen LogP contribution in [0.15, 0.2) is 17.3 Å². The van der Waals surface area contributed by atoms with Crippen LogP contribution in [0.1, 0.15) is 26.5 Å². The minimum atomic E-state index is 0.207. The van der Waals surface area contributed by atoms with Crippen molar-refractivity contribution in [2.75, 3.05) is 39.3 Å². The van der Waals surface area contributed by atoms with E-state index in [1.54, 1.807) is 6.20 Å². The monoisotopic (exact) mass is 336 g/mol. The second-order valence-corrected chi connectivity index (χ2v) is 6.67. The van der Waals surface area contributed by atoms with Gasteiger partial charge in [0.2, 0.25) is 0 Å². The number of nitrogens with zero attached hydrogens (tertiary/aromatic N) is 4. The fourth-order valence-electron chi connectivity index (χ4n) is 2.85. The first kappa shape index (κ1) is 18.7. The smallest absolute Gasteiger partial charge is 0.191 e. The second kappa shape index (κ2) is 9.64. The Bertz CT molecular complexity index is 513. The van der Waals surface area contributed by atoms with Crippen molar-refractivity contribution in [2.24, 2.45) is 18.0 Å². The predicted octanol–water partition coefficient (Wildman–Crippen LogP) is 0.832. The van der Waals surface area contributed by atoms with Gasteiger partial charge in [-0.05, 0) is 18.9 Å². The maximum Gasteiger partial charge on any atom is 0.191 e. The van der Waals surface area contributed by atoms with Gasteiger partial charge in [0.05, 0.1) is 24.9 Å². The van der Waals surface area contributed by atoms with Crippen LogP contribution in [-0.2, 0) is 18.3 Å². The van der Waals surface area contributed by atoms with Crippen LogP contribution in [0, 0.1) is 5.92 Å². The fourth-order valence-corrected chi connectivity index (χ4v) is 2.85. The second-order valence-electron chi connectivity index (χ2n) is 6.67. The SMILES string of the molecule is CCNC(=NCc1ccnn1C)NCC1CN(CC(C)C)CCO1. The molecule has 1 aliphatic rings. The highest BCUT2D eigenvalue weighted by Gasteiger charge is 2.21. The molecule has 1 aliphatic heterocycles. The van der Waals surface area contributed by atoms with E-state index in [2.05, 4.69) is 46.4 Å². The number of hydrogen-bond donors (Lipinski definition) is 2. The zero-order valence-corrected chi connectivity index (χ0v) is 15.5. The average Bonchev–Trinajstić information content (AvgIpc) is 2.95. The zero-order valence-electron chi connectivity index (χ0n) is 15.5. The van der Waals surface area contributed by atoms with Gasteiger partial charge in [-0.1, -0.05) is 13.8 Å². The van der Waals surface area contributed by atoms with Crippen LogP contribution < -0.4 is 10.6 Å². The number of rotatable bonds is 7. The Morgan fingerprint density at radius 1 is 1.46 bits per heavy atom. The van der Waals surface area contributed by atoms with Crippen molar-refractivity contribution in [1.29, 1.82) is 0 Å². The van der Waals surface area contributed by atoms with Crippen molar-refractivity contribution in [1.82, 2.24) is 25.3 Å². The molecule has 7 nitrogen and oxygen atoms in total. The van der Waals surface area contributed by atoms with Gasteiger partial charge in [-0.3, -0.25) is 9.58 Å².